The quantitative estimate of drug-likeness (QED) is 0.795. The molecule has 2 aromatic rings. The molecule has 0 unspecified atom stereocenters. The Bertz CT molecular complexity index is 674. The van der Waals surface area contributed by atoms with Crippen LogP contribution in [0.1, 0.15) is 15.2 Å². The third-order valence-corrected chi connectivity index (χ3v) is 4.65. The zero-order valence-electron chi connectivity index (χ0n) is 11.3. The molecule has 0 spiro atoms. The van der Waals surface area contributed by atoms with Crippen molar-refractivity contribution in [2.75, 3.05) is 25.2 Å². The fourth-order valence-electron chi connectivity index (χ4n) is 2.13. The number of anilines is 1. The molecule has 5 nitrogen and oxygen atoms in total. The number of rotatable bonds is 2. The number of aromatic nitrogens is 1. The van der Waals surface area contributed by atoms with Crippen molar-refractivity contribution in [1.29, 1.82) is 0 Å². The molecule has 1 aromatic carbocycles. The second kappa shape index (κ2) is 5.91. The predicted molar refractivity (Wildman–Crippen MR) is 81.5 cm³/mol. The summed E-state index contributed by atoms with van der Waals surface area (Å²) in [5, 5.41) is 0.876. The monoisotopic (exact) mass is 324 g/mol. The van der Waals surface area contributed by atoms with Crippen LogP contribution in [0, 0.1) is 0 Å². The molecule has 21 heavy (non-hydrogen) atoms. The van der Waals surface area contributed by atoms with Gasteiger partial charge < -0.3 is 14.4 Å². The summed E-state index contributed by atoms with van der Waals surface area (Å²) in [4.78, 5) is 18.3. The second-order valence-corrected chi connectivity index (χ2v) is 5.82. The zero-order chi connectivity index (χ0) is 14.8. The fourth-order valence-corrected chi connectivity index (χ4v) is 3.36. The first-order chi connectivity index (χ1) is 10.2. The van der Waals surface area contributed by atoms with E-state index < -0.39 is 5.97 Å². The van der Waals surface area contributed by atoms with Gasteiger partial charge in [0, 0.05) is 12.1 Å². The van der Waals surface area contributed by atoms with E-state index in [2.05, 4.69) is 9.88 Å². The summed E-state index contributed by atoms with van der Waals surface area (Å²) in [6.07, 6.45) is 0. The van der Waals surface area contributed by atoms with Crippen molar-refractivity contribution in [2.24, 2.45) is 0 Å². The van der Waals surface area contributed by atoms with Crippen LogP contribution in [-0.4, -0.2) is 31.2 Å². The molecule has 0 bridgehead atoms. The number of halogens is 1. The van der Waals surface area contributed by atoms with Crippen molar-refractivity contribution in [1.82, 2.24) is 4.98 Å². The molecule has 0 radical (unpaired) electrons. The number of carbonyl (C=O) groups excluding carboxylic acids is 1. The van der Waals surface area contributed by atoms with Crippen molar-refractivity contribution < 1.29 is 14.3 Å². The Balaban J connectivity index is 1.89. The van der Waals surface area contributed by atoms with E-state index in [4.69, 9.17) is 21.1 Å². The molecular formula is C14H13ClN2O3S. The molecule has 0 fully saturated rings. The molecule has 7 heteroatoms. The van der Waals surface area contributed by atoms with Crippen molar-refractivity contribution in [3.05, 3.63) is 39.9 Å². The molecule has 3 rings (SSSR count). The maximum atomic E-state index is 11.6. The summed E-state index contributed by atoms with van der Waals surface area (Å²) in [5.41, 5.74) is 1.08. The Labute approximate surface area is 131 Å². The number of hydrogen-bond acceptors (Lipinski definition) is 6. The number of para-hydroxylation sites is 1. The molecule has 1 aliphatic heterocycles. The lowest BCUT2D eigenvalue weighted by Crippen LogP contribution is -2.24. The maximum absolute atomic E-state index is 11.6. The molecule has 0 amide bonds. The van der Waals surface area contributed by atoms with E-state index in [0.717, 1.165) is 11.3 Å². The van der Waals surface area contributed by atoms with Crippen LogP contribution < -0.4 is 9.64 Å². The number of fused-ring (bicyclic) bond motifs is 1. The van der Waals surface area contributed by atoms with Crippen LogP contribution in [-0.2, 0) is 11.3 Å². The van der Waals surface area contributed by atoms with Crippen LogP contribution in [0.3, 0.4) is 0 Å². The molecule has 1 aliphatic rings. The Morgan fingerprint density at radius 1 is 1.48 bits per heavy atom. The molecule has 1 aromatic heterocycles. The van der Waals surface area contributed by atoms with E-state index >= 15 is 0 Å². The Morgan fingerprint density at radius 2 is 2.29 bits per heavy atom. The number of benzene rings is 1. The van der Waals surface area contributed by atoms with Gasteiger partial charge in [0.15, 0.2) is 15.2 Å². The van der Waals surface area contributed by atoms with Crippen LogP contribution in [0.2, 0.25) is 5.15 Å². The topological polar surface area (TPSA) is 51.7 Å². The van der Waals surface area contributed by atoms with Crippen molar-refractivity contribution in [3.63, 3.8) is 0 Å². The summed E-state index contributed by atoms with van der Waals surface area (Å²) < 4.78 is 10.4. The lowest BCUT2D eigenvalue weighted by Gasteiger charge is -2.18. The third kappa shape index (κ3) is 2.82. The molecule has 0 saturated heterocycles. The maximum Gasteiger partial charge on any atom is 0.351 e. The smallest absolute Gasteiger partial charge is 0.351 e. The van der Waals surface area contributed by atoms with E-state index in [9.17, 15) is 4.79 Å². The first kappa shape index (κ1) is 14.2. The van der Waals surface area contributed by atoms with Crippen LogP contribution in [0.25, 0.3) is 0 Å². The highest BCUT2D eigenvalue weighted by Crippen LogP contribution is 2.33. The number of hydrogen-bond donors (Lipinski definition) is 0. The average molecular weight is 325 g/mol. The van der Waals surface area contributed by atoms with E-state index in [1.165, 1.54) is 18.4 Å². The zero-order valence-corrected chi connectivity index (χ0v) is 12.9. The lowest BCUT2D eigenvalue weighted by molar-refractivity contribution is 0.0606. The van der Waals surface area contributed by atoms with Crippen LogP contribution in [0.5, 0.6) is 5.75 Å². The first-order valence-corrected chi connectivity index (χ1v) is 7.59. The molecule has 0 N–H and O–H groups in total. The number of methoxy groups -OCH3 is 1. The summed E-state index contributed by atoms with van der Waals surface area (Å²) in [5.74, 6) is 0.422. The SMILES string of the molecule is COC(=O)c1sc(N2CCOc3ccccc3C2)nc1Cl. The van der Waals surface area contributed by atoms with Gasteiger partial charge in [-0.3, -0.25) is 0 Å². The summed E-state index contributed by atoms with van der Waals surface area (Å²) in [6.45, 7) is 1.90. The van der Waals surface area contributed by atoms with Gasteiger partial charge >= 0.3 is 5.97 Å². The summed E-state index contributed by atoms with van der Waals surface area (Å²) in [7, 11) is 1.33. The van der Waals surface area contributed by atoms with Gasteiger partial charge in [-0.25, -0.2) is 9.78 Å². The number of thiazole rings is 1. The molecule has 0 atom stereocenters. The highest BCUT2D eigenvalue weighted by Gasteiger charge is 2.23. The molecule has 0 saturated carbocycles. The van der Waals surface area contributed by atoms with E-state index in [-0.39, 0.29) is 5.15 Å². The Hall–Kier alpha value is -1.79. The number of carbonyl (C=O) groups is 1. The number of ether oxygens (including phenoxy) is 2. The fraction of sp³-hybridized carbons (Fsp3) is 0.286. The van der Waals surface area contributed by atoms with Crippen molar-refractivity contribution in [2.45, 2.75) is 6.54 Å². The van der Waals surface area contributed by atoms with Crippen LogP contribution in [0.4, 0.5) is 5.13 Å². The van der Waals surface area contributed by atoms with E-state index in [1.54, 1.807) is 0 Å². The largest absolute Gasteiger partial charge is 0.491 e. The van der Waals surface area contributed by atoms with Gasteiger partial charge in [-0.2, -0.15) is 0 Å². The van der Waals surface area contributed by atoms with Crippen LogP contribution >= 0.6 is 22.9 Å². The predicted octanol–water partition coefficient (Wildman–Crippen LogP) is 2.98. The highest BCUT2D eigenvalue weighted by molar-refractivity contribution is 7.18. The minimum absolute atomic E-state index is 0.181. The first-order valence-electron chi connectivity index (χ1n) is 6.39. The Kier molecular flexibility index (Phi) is 3.98. The molecule has 0 aliphatic carbocycles. The van der Waals surface area contributed by atoms with Gasteiger partial charge in [-0.1, -0.05) is 41.1 Å². The van der Waals surface area contributed by atoms with Crippen molar-refractivity contribution in [3.8, 4) is 5.75 Å². The van der Waals surface area contributed by atoms with E-state index in [0.29, 0.717) is 29.7 Å². The van der Waals surface area contributed by atoms with E-state index in [1.807, 2.05) is 24.3 Å². The van der Waals surface area contributed by atoms with Gasteiger partial charge in [0.2, 0.25) is 0 Å². The van der Waals surface area contributed by atoms with Gasteiger partial charge in [0.05, 0.1) is 13.7 Å². The minimum Gasteiger partial charge on any atom is -0.491 e. The minimum atomic E-state index is -0.463. The highest BCUT2D eigenvalue weighted by atomic mass is 35.5. The molecule has 2 heterocycles. The van der Waals surface area contributed by atoms with Crippen molar-refractivity contribution >= 4 is 34.0 Å². The molecule has 110 valence electrons. The number of nitrogens with zero attached hydrogens (tertiary/aromatic N) is 2. The molecular weight excluding hydrogens is 312 g/mol. The summed E-state index contributed by atoms with van der Waals surface area (Å²) >= 11 is 7.25. The third-order valence-electron chi connectivity index (χ3n) is 3.17. The average Bonchev–Trinajstić information content (AvgIpc) is 2.76. The van der Waals surface area contributed by atoms with Gasteiger partial charge in [0.1, 0.15) is 12.4 Å². The normalized spacial score (nSPS) is 14.1. The summed E-state index contributed by atoms with van der Waals surface area (Å²) in [6, 6.07) is 7.89. The second-order valence-electron chi connectivity index (χ2n) is 4.49. The van der Waals surface area contributed by atoms with Gasteiger partial charge in [-0.05, 0) is 6.07 Å². The van der Waals surface area contributed by atoms with Crippen LogP contribution in [0.15, 0.2) is 24.3 Å². The lowest BCUT2D eigenvalue weighted by atomic mass is 10.2. The Morgan fingerprint density at radius 3 is 3.10 bits per heavy atom. The standard InChI is InChI=1S/C14H13ClN2O3S/c1-19-13(18)11-12(15)16-14(21-11)17-6-7-20-10-5-3-2-4-9(10)8-17/h2-5H,6-8H2,1H3. The van der Waals surface area contributed by atoms with Gasteiger partial charge in [-0.15, -0.1) is 0 Å². The number of esters is 1. The van der Waals surface area contributed by atoms with Gasteiger partial charge in [0.25, 0.3) is 0 Å².